The molecule has 0 unspecified atom stereocenters. The second kappa shape index (κ2) is 7.99. The monoisotopic (exact) mass is 364 g/mol. The van der Waals surface area contributed by atoms with Gasteiger partial charge < -0.3 is 15.2 Å². The van der Waals surface area contributed by atoms with Crippen LogP contribution in [0.1, 0.15) is 11.1 Å². The number of nitrogens with one attached hydrogen (secondary N) is 2. The molecule has 0 radical (unpaired) electrons. The van der Waals surface area contributed by atoms with Crippen LogP contribution in [0.5, 0.6) is 11.5 Å². The number of carbonyl (C=O) groups excluding carboxylic acids is 1. The molecule has 0 spiro atoms. The summed E-state index contributed by atoms with van der Waals surface area (Å²) < 4.78 is 5.37. The largest absolute Gasteiger partial charge is 0.506 e. The van der Waals surface area contributed by atoms with E-state index in [1.165, 1.54) is 0 Å². The van der Waals surface area contributed by atoms with E-state index in [-0.39, 0.29) is 17.5 Å². The number of hydrogen-bond donors (Lipinski definition) is 3. The van der Waals surface area contributed by atoms with Crippen LogP contribution in [0, 0.1) is 13.8 Å². The number of anilines is 1. The van der Waals surface area contributed by atoms with Gasteiger partial charge in [-0.3, -0.25) is 10.1 Å². The van der Waals surface area contributed by atoms with E-state index in [4.69, 9.17) is 28.6 Å². The maximum absolute atomic E-state index is 11.9. The molecule has 5 nitrogen and oxygen atoms in total. The predicted molar refractivity (Wildman–Crippen MR) is 98.9 cm³/mol. The van der Waals surface area contributed by atoms with Crippen LogP contribution in [0.3, 0.4) is 0 Å². The van der Waals surface area contributed by atoms with Gasteiger partial charge in [0.2, 0.25) is 0 Å². The average molecular weight is 365 g/mol. The third-order valence-corrected chi connectivity index (χ3v) is 3.60. The highest BCUT2D eigenvalue weighted by Crippen LogP contribution is 2.25. The van der Waals surface area contributed by atoms with Crippen molar-refractivity contribution in [3.05, 3.63) is 52.5 Å². The Balaban J connectivity index is 1.87. The molecule has 126 valence electrons. The number of ether oxygens (including phenoxy) is 1. The van der Waals surface area contributed by atoms with Crippen LogP contribution in [0.15, 0.2) is 36.4 Å². The van der Waals surface area contributed by atoms with Crippen LogP contribution in [0.25, 0.3) is 0 Å². The standard InChI is InChI=1S/C17H17ClN2O3S/c1-10-4-6-15(12(18)7-10)23-9-16(22)20-17(24)19-13-8-11(2)3-5-14(13)21/h3-8,21H,9H2,1-2H3,(H2,19,20,22,24). The minimum atomic E-state index is -0.434. The molecule has 0 aromatic heterocycles. The van der Waals surface area contributed by atoms with Gasteiger partial charge in [-0.2, -0.15) is 0 Å². The average Bonchev–Trinajstić information content (AvgIpc) is 2.50. The quantitative estimate of drug-likeness (QED) is 0.571. The topological polar surface area (TPSA) is 70.6 Å². The van der Waals surface area contributed by atoms with Crippen molar-refractivity contribution >= 4 is 40.5 Å². The van der Waals surface area contributed by atoms with Crippen molar-refractivity contribution in [3.8, 4) is 11.5 Å². The Morgan fingerprint density at radius 3 is 2.58 bits per heavy atom. The molecule has 0 aliphatic rings. The second-order valence-electron chi connectivity index (χ2n) is 5.25. The predicted octanol–water partition coefficient (Wildman–Crippen LogP) is 3.55. The summed E-state index contributed by atoms with van der Waals surface area (Å²) in [6.45, 7) is 3.56. The normalized spacial score (nSPS) is 10.1. The first-order valence-corrected chi connectivity index (χ1v) is 7.93. The molecule has 2 aromatic rings. The molecule has 2 rings (SSSR count). The number of aromatic hydroxyl groups is 1. The number of amides is 1. The van der Waals surface area contributed by atoms with E-state index >= 15 is 0 Å². The molecule has 24 heavy (non-hydrogen) atoms. The summed E-state index contributed by atoms with van der Waals surface area (Å²) in [5.41, 5.74) is 2.37. The minimum absolute atomic E-state index is 0.0416. The molecule has 1 amide bonds. The Kier molecular flexibility index (Phi) is 6.00. The van der Waals surface area contributed by atoms with Gasteiger partial charge in [0.15, 0.2) is 11.7 Å². The van der Waals surface area contributed by atoms with E-state index in [1.807, 2.05) is 19.9 Å². The van der Waals surface area contributed by atoms with Crippen molar-refractivity contribution in [3.63, 3.8) is 0 Å². The lowest BCUT2D eigenvalue weighted by Gasteiger charge is -2.12. The summed E-state index contributed by atoms with van der Waals surface area (Å²) in [5.74, 6) is 0.0313. The van der Waals surface area contributed by atoms with E-state index < -0.39 is 5.91 Å². The number of hydrogen-bond acceptors (Lipinski definition) is 4. The number of aryl methyl sites for hydroxylation is 2. The number of benzene rings is 2. The Morgan fingerprint density at radius 1 is 1.21 bits per heavy atom. The van der Waals surface area contributed by atoms with Gasteiger partial charge in [0.25, 0.3) is 5.91 Å². The third kappa shape index (κ3) is 5.11. The number of carbonyl (C=O) groups is 1. The molecule has 0 saturated carbocycles. The van der Waals surface area contributed by atoms with E-state index in [2.05, 4.69) is 10.6 Å². The van der Waals surface area contributed by atoms with Crippen LogP contribution in [0.2, 0.25) is 5.02 Å². The summed E-state index contributed by atoms with van der Waals surface area (Å²) in [7, 11) is 0. The van der Waals surface area contributed by atoms with E-state index in [9.17, 15) is 9.90 Å². The van der Waals surface area contributed by atoms with Gasteiger partial charge in [-0.25, -0.2) is 0 Å². The first kappa shape index (κ1) is 18.0. The zero-order valence-electron chi connectivity index (χ0n) is 13.2. The maximum atomic E-state index is 11.9. The highest BCUT2D eigenvalue weighted by atomic mass is 35.5. The Morgan fingerprint density at radius 2 is 1.88 bits per heavy atom. The first-order valence-electron chi connectivity index (χ1n) is 7.14. The Labute approximate surface area is 150 Å². The van der Waals surface area contributed by atoms with Crippen molar-refractivity contribution in [1.29, 1.82) is 0 Å². The van der Waals surface area contributed by atoms with Crippen molar-refractivity contribution in [2.75, 3.05) is 11.9 Å². The number of thiocarbonyl (C=S) groups is 1. The summed E-state index contributed by atoms with van der Waals surface area (Å²) in [4.78, 5) is 11.9. The molecular formula is C17H17ClN2O3S. The van der Waals surface area contributed by atoms with E-state index in [0.717, 1.165) is 11.1 Å². The molecule has 0 fully saturated rings. The molecule has 0 bridgehead atoms. The number of phenols is 1. The van der Waals surface area contributed by atoms with Crippen LogP contribution >= 0.6 is 23.8 Å². The lowest BCUT2D eigenvalue weighted by atomic mass is 10.2. The van der Waals surface area contributed by atoms with Crippen LogP contribution < -0.4 is 15.4 Å². The van der Waals surface area contributed by atoms with Gasteiger partial charge in [-0.15, -0.1) is 0 Å². The van der Waals surface area contributed by atoms with Gasteiger partial charge in [0, 0.05) is 0 Å². The molecule has 0 atom stereocenters. The van der Waals surface area contributed by atoms with Crippen molar-refractivity contribution in [2.24, 2.45) is 0 Å². The fourth-order valence-corrected chi connectivity index (χ4v) is 2.45. The molecule has 0 aliphatic carbocycles. The fraction of sp³-hybridized carbons (Fsp3) is 0.176. The van der Waals surface area contributed by atoms with Gasteiger partial charge in [0.1, 0.15) is 11.5 Å². The summed E-state index contributed by atoms with van der Waals surface area (Å²) >= 11 is 11.1. The minimum Gasteiger partial charge on any atom is -0.506 e. The Bertz CT molecular complexity index is 780. The highest BCUT2D eigenvalue weighted by Gasteiger charge is 2.09. The summed E-state index contributed by atoms with van der Waals surface area (Å²) in [5, 5.41) is 15.5. The number of phenolic OH excluding ortho intramolecular Hbond substituents is 1. The molecule has 2 aromatic carbocycles. The molecular weight excluding hydrogens is 348 g/mol. The molecule has 7 heteroatoms. The van der Waals surface area contributed by atoms with Crippen LogP contribution in [-0.4, -0.2) is 22.7 Å². The highest BCUT2D eigenvalue weighted by molar-refractivity contribution is 7.80. The van der Waals surface area contributed by atoms with Crippen molar-refractivity contribution in [2.45, 2.75) is 13.8 Å². The van der Waals surface area contributed by atoms with Gasteiger partial charge in [0.05, 0.1) is 10.7 Å². The van der Waals surface area contributed by atoms with Crippen LogP contribution in [-0.2, 0) is 4.79 Å². The molecule has 0 heterocycles. The van der Waals surface area contributed by atoms with E-state index in [1.54, 1.807) is 30.3 Å². The molecule has 3 N–H and O–H groups in total. The third-order valence-electron chi connectivity index (χ3n) is 3.10. The van der Waals surface area contributed by atoms with Crippen molar-refractivity contribution < 1.29 is 14.6 Å². The second-order valence-corrected chi connectivity index (χ2v) is 6.06. The lowest BCUT2D eigenvalue weighted by molar-refractivity contribution is -0.121. The van der Waals surface area contributed by atoms with E-state index in [0.29, 0.717) is 16.5 Å². The smallest absolute Gasteiger partial charge is 0.264 e. The van der Waals surface area contributed by atoms with Crippen LogP contribution in [0.4, 0.5) is 5.69 Å². The molecule has 0 saturated heterocycles. The van der Waals surface area contributed by atoms with Gasteiger partial charge in [-0.1, -0.05) is 23.7 Å². The van der Waals surface area contributed by atoms with Crippen molar-refractivity contribution in [1.82, 2.24) is 5.32 Å². The zero-order valence-corrected chi connectivity index (χ0v) is 14.8. The zero-order chi connectivity index (χ0) is 17.7. The fourth-order valence-electron chi connectivity index (χ4n) is 1.93. The Hall–Kier alpha value is -2.31. The number of rotatable bonds is 4. The van der Waals surface area contributed by atoms with Gasteiger partial charge in [-0.05, 0) is 61.5 Å². The van der Waals surface area contributed by atoms with Gasteiger partial charge >= 0.3 is 0 Å². The molecule has 0 aliphatic heterocycles. The summed E-state index contributed by atoms with van der Waals surface area (Å²) in [6.07, 6.45) is 0. The lowest BCUT2D eigenvalue weighted by Crippen LogP contribution is -2.37. The number of halogens is 1. The summed E-state index contributed by atoms with van der Waals surface area (Å²) in [6, 6.07) is 10.3. The maximum Gasteiger partial charge on any atom is 0.264 e. The first-order chi connectivity index (χ1) is 11.3. The SMILES string of the molecule is Cc1ccc(OCC(=O)NC(=S)Nc2cc(C)ccc2O)c(Cl)c1.